The summed E-state index contributed by atoms with van der Waals surface area (Å²) < 4.78 is 6.11. The fourth-order valence-corrected chi connectivity index (χ4v) is 5.85. The Bertz CT molecular complexity index is 1120. The standard InChI is InChI=1S/C26H31N3O4/c1-6-24(2,3)26(14-17-22(31)29-13-7-8-18(29)21(30)27-17)16-9-10-19-15(20(16)28-23(26)32)11-12-25(4,5)33-19/h6,9-12,17-18H,1,7-8,13-14H2,2-5H3,(H,27,30)(H,28,32)/t17-,18-,26-/m0/s1. The summed E-state index contributed by atoms with van der Waals surface area (Å²) in [6.45, 7) is 12.5. The van der Waals surface area contributed by atoms with Crippen LogP contribution in [0.4, 0.5) is 5.69 Å². The van der Waals surface area contributed by atoms with Crippen molar-refractivity contribution >= 4 is 29.5 Å². The molecule has 0 unspecified atom stereocenters. The number of allylic oxidation sites excluding steroid dienone is 1. The van der Waals surface area contributed by atoms with Crippen molar-refractivity contribution < 1.29 is 19.1 Å². The summed E-state index contributed by atoms with van der Waals surface area (Å²) in [5.41, 5.74) is 0.108. The molecule has 33 heavy (non-hydrogen) atoms. The number of hydrogen-bond donors (Lipinski definition) is 2. The lowest BCUT2D eigenvalue weighted by molar-refractivity contribution is -0.148. The quantitative estimate of drug-likeness (QED) is 0.692. The molecule has 5 rings (SSSR count). The lowest BCUT2D eigenvalue weighted by atomic mass is 9.59. The number of rotatable bonds is 4. The van der Waals surface area contributed by atoms with Crippen molar-refractivity contribution in [3.8, 4) is 5.75 Å². The molecule has 0 aliphatic carbocycles. The summed E-state index contributed by atoms with van der Waals surface area (Å²) in [7, 11) is 0. The van der Waals surface area contributed by atoms with Crippen molar-refractivity contribution in [3.05, 3.63) is 42.0 Å². The van der Waals surface area contributed by atoms with Crippen molar-refractivity contribution in [2.45, 2.75) is 70.1 Å². The smallest absolute Gasteiger partial charge is 0.245 e. The number of hydrogen-bond acceptors (Lipinski definition) is 4. The van der Waals surface area contributed by atoms with Crippen molar-refractivity contribution in [1.29, 1.82) is 0 Å². The van der Waals surface area contributed by atoms with Gasteiger partial charge in [-0.2, -0.15) is 0 Å². The molecule has 4 aliphatic rings. The summed E-state index contributed by atoms with van der Waals surface area (Å²) in [6, 6.07) is 2.65. The minimum atomic E-state index is -1.08. The van der Waals surface area contributed by atoms with Crippen molar-refractivity contribution in [1.82, 2.24) is 10.2 Å². The fraction of sp³-hybridized carbons (Fsp3) is 0.500. The zero-order valence-corrected chi connectivity index (χ0v) is 19.7. The van der Waals surface area contributed by atoms with Crippen LogP contribution in [0.3, 0.4) is 0 Å². The Balaban J connectivity index is 1.62. The summed E-state index contributed by atoms with van der Waals surface area (Å²) in [4.78, 5) is 41.6. The van der Waals surface area contributed by atoms with E-state index in [-0.39, 0.29) is 30.2 Å². The number of carbonyl (C=O) groups is 3. The summed E-state index contributed by atoms with van der Waals surface area (Å²) in [5.74, 6) is 0.266. The molecule has 0 aromatic heterocycles. The van der Waals surface area contributed by atoms with Crippen LogP contribution in [-0.2, 0) is 19.8 Å². The monoisotopic (exact) mass is 449 g/mol. The first-order valence-corrected chi connectivity index (χ1v) is 11.6. The van der Waals surface area contributed by atoms with Crippen LogP contribution >= 0.6 is 0 Å². The third-order valence-electron chi connectivity index (χ3n) is 7.89. The highest BCUT2D eigenvalue weighted by molar-refractivity contribution is 6.10. The van der Waals surface area contributed by atoms with Gasteiger partial charge < -0.3 is 20.3 Å². The zero-order valence-electron chi connectivity index (χ0n) is 19.7. The average Bonchev–Trinajstić information content (AvgIpc) is 3.35. The summed E-state index contributed by atoms with van der Waals surface area (Å²) in [6.07, 6.45) is 7.39. The Morgan fingerprint density at radius 3 is 2.76 bits per heavy atom. The van der Waals surface area contributed by atoms with Crippen molar-refractivity contribution in [2.24, 2.45) is 5.41 Å². The number of nitrogens with one attached hydrogen (secondary N) is 2. The van der Waals surface area contributed by atoms with E-state index < -0.39 is 22.5 Å². The van der Waals surface area contributed by atoms with E-state index in [0.29, 0.717) is 24.4 Å². The molecule has 1 aromatic rings. The van der Waals surface area contributed by atoms with Crippen molar-refractivity contribution in [2.75, 3.05) is 11.9 Å². The van der Waals surface area contributed by atoms with Gasteiger partial charge in [0.05, 0.1) is 11.1 Å². The Morgan fingerprint density at radius 2 is 2.03 bits per heavy atom. The number of carbonyl (C=O) groups excluding carboxylic acids is 3. The first kappa shape index (κ1) is 21.7. The predicted octanol–water partition coefficient (Wildman–Crippen LogP) is 3.15. The topological polar surface area (TPSA) is 87.7 Å². The fourth-order valence-electron chi connectivity index (χ4n) is 5.85. The van der Waals surface area contributed by atoms with E-state index in [1.165, 1.54) is 0 Å². The highest BCUT2D eigenvalue weighted by atomic mass is 16.5. The van der Waals surface area contributed by atoms with Crippen LogP contribution in [0.5, 0.6) is 5.75 Å². The lowest BCUT2D eigenvalue weighted by Gasteiger charge is -2.44. The summed E-state index contributed by atoms with van der Waals surface area (Å²) >= 11 is 0. The molecule has 0 bridgehead atoms. The van der Waals surface area contributed by atoms with E-state index in [1.807, 2.05) is 52.0 Å². The van der Waals surface area contributed by atoms with Gasteiger partial charge in [0.15, 0.2) is 0 Å². The zero-order chi connectivity index (χ0) is 23.8. The Hall–Kier alpha value is -3.09. The van der Waals surface area contributed by atoms with E-state index in [2.05, 4.69) is 17.2 Å². The molecule has 174 valence electrons. The summed E-state index contributed by atoms with van der Waals surface area (Å²) in [5, 5.41) is 6.02. The van der Waals surface area contributed by atoms with Gasteiger partial charge >= 0.3 is 0 Å². The van der Waals surface area contributed by atoms with Gasteiger partial charge in [0.2, 0.25) is 17.7 Å². The molecular weight excluding hydrogens is 418 g/mol. The maximum Gasteiger partial charge on any atom is 0.245 e. The Kier molecular flexibility index (Phi) is 4.58. The second-order valence-electron chi connectivity index (χ2n) is 10.7. The number of piperazine rings is 1. The van der Waals surface area contributed by atoms with Crippen molar-refractivity contribution in [3.63, 3.8) is 0 Å². The third-order valence-corrected chi connectivity index (χ3v) is 7.89. The largest absolute Gasteiger partial charge is 0.483 e. The van der Waals surface area contributed by atoms with E-state index >= 15 is 0 Å². The van der Waals surface area contributed by atoms with Crippen LogP contribution in [0, 0.1) is 5.41 Å². The van der Waals surface area contributed by atoms with Crippen LogP contribution < -0.4 is 15.4 Å². The molecule has 0 spiro atoms. The molecule has 4 aliphatic heterocycles. The minimum absolute atomic E-state index is 0.111. The van der Waals surface area contributed by atoms with Crippen LogP contribution in [0.25, 0.3) is 6.08 Å². The van der Waals surface area contributed by atoms with Crippen LogP contribution in [0.15, 0.2) is 30.9 Å². The molecule has 7 heteroatoms. The molecule has 3 atom stereocenters. The van der Waals surface area contributed by atoms with Gasteiger partial charge in [0, 0.05) is 17.5 Å². The third kappa shape index (κ3) is 2.97. The number of anilines is 1. The van der Waals surface area contributed by atoms with Gasteiger partial charge in [-0.3, -0.25) is 14.4 Å². The molecule has 7 nitrogen and oxygen atoms in total. The van der Waals surface area contributed by atoms with Gasteiger partial charge in [-0.25, -0.2) is 0 Å². The molecule has 3 amide bonds. The van der Waals surface area contributed by atoms with Gasteiger partial charge in [-0.15, -0.1) is 6.58 Å². The highest BCUT2D eigenvalue weighted by Gasteiger charge is 2.59. The van der Waals surface area contributed by atoms with Gasteiger partial charge in [0.1, 0.15) is 23.4 Å². The molecular formula is C26H31N3O4. The number of amides is 3. The molecule has 1 aromatic carbocycles. The average molecular weight is 450 g/mol. The van der Waals surface area contributed by atoms with E-state index in [0.717, 1.165) is 17.5 Å². The molecule has 2 N–H and O–H groups in total. The van der Waals surface area contributed by atoms with E-state index in [4.69, 9.17) is 4.74 Å². The Labute approximate surface area is 194 Å². The molecule has 2 fully saturated rings. The van der Waals surface area contributed by atoms with Gasteiger partial charge in [0.25, 0.3) is 0 Å². The van der Waals surface area contributed by atoms with Gasteiger partial charge in [-0.1, -0.05) is 26.0 Å². The first-order valence-electron chi connectivity index (χ1n) is 11.6. The number of fused-ring (bicyclic) bond motifs is 4. The second-order valence-corrected chi connectivity index (χ2v) is 10.7. The Morgan fingerprint density at radius 1 is 1.27 bits per heavy atom. The number of ether oxygens (including phenoxy) is 1. The molecule has 0 radical (unpaired) electrons. The minimum Gasteiger partial charge on any atom is -0.483 e. The second kappa shape index (κ2) is 6.95. The number of benzene rings is 1. The normalized spacial score (nSPS) is 29.6. The highest BCUT2D eigenvalue weighted by Crippen LogP contribution is 2.55. The molecule has 2 saturated heterocycles. The predicted molar refractivity (Wildman–Crippen MR) is 126 cm³/mol. The van der Waals surface area contributed by atoms with Gasteiger partial charge in [-0.05, 0) is 56.9 Å². The van der Waals surface area contributed by atoms with Crippen LogP contribution in [0.1, 0.15) is 58.1 Å². The van der Waals surface area contributed by atoms with E-state index in [9.17, 15) is 14.4 Å². The van der Waals surface area contributed by atoms with Crippen LogP contribution in [0.2, 0.25) is 0 Å². The first-order chi connectivity index (χ1) is 15.5. The maximum atomic E-state index is 13.8. The van der Waals surface area contributed by atoms with Crippen LogP contribution in [-0.4, -0.2) is 46.9 Å². The number of nitrogens with zero attached hydrogens (tertiary/aromatic N) is 1. The maximum absolute atomic E-state index is 13.8. The lowest BCUT2D eigenvalue weighted by Crippen LogP contribution is -2.63. The molecule has 4 heterocycles. The molecule has 0 saturated carbocycles. The van der Waals surface area contributed by atoms with E-state index in [1.54, 1.807) is 11.0 Å². The SMILES string of the molecule is C=CC(C)(C)[C@]1(C[C@@H]2NC(=O)[C@@H]3CCCN3C2=O)C(=O)Nc2c1ccc1c2C=CC(C)(C)O1.